The number of carbonyl (C=O) groups excluding carboxylic acids is 2. The predicted molar refractivity (Wildman–Crippen MR) is 223 cm³/mol. The van der Waals surface area contributed by atoms with E-state index >= 15 is 0 Å². The van der Waals surface area contributed by atoms with Crippen molar-refractivity contribution in [3.63, 3.8) is 0 Å². The van der Waals surface area contributed by atoms with Crippen molar-refractivity contribution < 1.29 is 56.6 Å². The van der Waals surface area contributed by atoms with Crippen LogP contribution in [0.2, 0.25) is 5.04 Å². The number of amides is 2. The minimum Gasteiger partial charge on any atom is -0.405 e. The molecule has 0 atom stereocenters. The number of hydrogen-bond acceptors (Lipinski definition) is 12. The molecule has 0 bridgehead atoms. The van der Waals surface area contributed by atoms with Gasteiger partial charge in [0.15, 0.2) is 0 Å². The zero-order valence-electron chi connectivity index (χ0n) is 34.6. The Labute approximate surface area is 345 Å². The quantitative estimate of drug-likeness (QED) is 0.0500. The highest BCUT2D eigenvalue weighted by atomic mass is 28.4. The minimum atomic E-state index is -2.55. The van der Waals surface area contributed by atoms with E-state index in [2.05, 4.69) is 69.3 Å². The van der Waals surface area contributed by atoms with Crippen molar-refractivity contribution in [2.24, 2.45) is 0 Å². The van der Waals surface area contributed by atoms with Crippen molar-refractivity contribution in [1.82, 2.24) is 4.90 Å². The van der Waals surface area contributed by atoms with Crippen LogP contribution in [-0.4, -0.2) is 157 Å². The summed E-state index contributed by atoms with van der Waals surface area (Å²) in [5, 5.41) is 2.46. The van der Waals surface area contributed by atoms with E-state index < -0.39 is 8.32 Å². The standard InChI is InChI=1S/C44H63NO12Si/c1-44(2,3)58(38-12-6-4-7-13-38,39-14-8-5-9-15-39)57-37-36-56-35-34-55-33-32-54-31-30-53-29-28-52-27-26-51-25-24-50-23-22-49-21-20-48-19-18-45-42(46)40-16-10-11-17-41(40)43(45)47/h4-17H,18-37H2,1-3H3. The van der Waals surface area contributed by atoms with Crippen LogP contribution >= 0.6 is 0 Å². The summed E-state index contributed by atoms with van der Waals surface area (Å²) in [6, 6.07) is 28.1. The van der Waals surface area contributed by atoms with Gasteiger partial charge in [0.2, 0.25) is 0 Å². The largest absolute Gasteiger partial charge is 0.405 e. The Hall–Kier alpha value is -3.38. The van der Waals surface area contributed by atoms with E-state index in [0.717, 1.165) is 0 Å². The first kappa shape index (κ1) is 47.3. The Balaban J connectivity index is 0.847. The number of ether oxygens (including phenoxy) is 9. The summed E-state index contributed by atoms with van der Waals surface area (Å²) in [4.78, 5) is 25.9. The maximum Gasteiger partial charge on any atom is 0.261 e. The van der Waals surface area contributed by atoms with E-state index in [4.69, 9.17) is 47.1 Å². The lowest BCUT2D eigenvalue weighted by molar-refractivity contribution is -0.0255. The molecule has 58 heavy (non-hydrogen) atoms. The van der Waals surface area contributed by atoms with Gasteiger partial charge < -0.3 is 47.1 Å². The molecule has 0 unspecified atom stereocenters. The van der Waals surface area contributed by atoms with Gasteiger partial charge in [-0.15, -0.1) is 0 Å². The topological polar surface area (TPSA) is 130 Å². The van der Waals surface area contributed by atoms with E-state index in [-0.39, 0.29) is 30.0 Å². The number of nitrogens with zero attached hydrogens (tertiary/aromatic N) is 1. The molecule has 14 heteroatoms. The molecule has 320 valence electrons. The van der Waals surface area contributed by atoms with Gasteiger partial charge in [0.25, 0.3) is 20.1 Å². The van der Waals surface area contributed by atoms with Crippen LogP contribution in [0.15, 0.2) is 84.9 Å². The number of imide groups is 1. The maximum atomic E-state index is 12.3. The van der Waals surface area contributed by atoms with Crippen LogP contribution in [-0.2, 0) is 47.1 Å². The van der Waals surface area contributed by atoms with E-state index in [1.54, 1.807) is 24.3 Å². The van der Waals surface area contributed by atoms with Gasteiger partial charge in [-0.05, 0) is 27.5 Å². The third kappa shape index (κ3) is 15.7. The van der Waals surface area contributed by atoms with Crippen molar-refractivity contribution in [3.05, 3.63) is 96.1 Å². The van der Waals surface area contributed by atoms with E-state index in [1.165, 1.54) is 15.3 Å². The Morgan fingerprint density at radius 2 is 0.672 bits per heavy atom. The molecule has 0 saturated carbocycles. The van der Waals surface area contributed by atoms with Crippen molar-refractivity contribution in [3.8, 4) is 0 Å². The number of rotatable bonds is 33. The predicted octanol–water partition coefficient (Wildman–Crippen LogP) is 4.01. The minimum absolute atomic E-state index is 0.0645. The van der Waals surface area contributed by atoms with Crippen LogP contribution < -0.4 is 10.4 Å². The highest BCUT2D eigenvalue weighted by Gasteiger charge is 2.50. The lowest BCUT2D eigenvalue weighted by Gasteiger charge is -2.43. The second-order valence-electron chi connectivity index (χ2n) is 14.3. The molecular weight excluding hydrogens is 763 g/mol. The molecule has 1 heterocycles. The van der Waals surface area contributed by atoms with Crippen LogP contribution in [0.1, 0.15) is 41.5 Å². The number of fused-ring (bicyclic) bond motifs is 1. The Morgan fingerprint density at radius 3 is 0.983 bits per heavy atom. The molecule has 2 amide bonds. The van der Waals surface area contributed by atoms with Gasteiger partial charge in [-0.3, -0.25) is 14.5 Å². The number of carbonyl (C=O) groups is 2. The molecule has 1 aliphatic rings. The summed E-state index contributed by atoms with van der Waals surface area (Å²) in [7, 11) is -2.55. The first-order valence-corrected chi connectivity index (χ1v) is 22.2. The molecule has 0 saturated heterocycles. The van der Waals surface area contributed by atoms with Crippen LogP contribution in [0.3, 0.4) is 0 Å². The smallest absolute Gasteiger partial charge is 0.261 e. The summed E-state index contributed by atoms with van der Waals surface area (Å²) >= 11 is 0. The van der Waals surface area contributed by atoms with Crippen molar-refractivity contribution in [1.29, 1.82) is 0 Å². The van der Waals surface area contributed by atoms with Crippen molar-refractivity contribution >= 4 is 30.5 Å². The Morgan fingerprint density at radius 1 is 0.397 bits per heavy atom. The lowest BCUT2D eigenvalue weighted by Crippen LogP contribution is -2.66. The highest BCUT2D eigenvalue weighted by molar-refractivity contribution is 6.99. The normalized spacial score (nSPS) is 13.1. The fourth-order valence-electron chi connectivity index (χ4n) is 6.47. The lowest BCUT2D eigenvalue weighted by atomic mass is 10.1. The van der Waals surface area contributed by atoms with Gasteiger partial charge in [-0.1, -0.05) is 93.6 Å². The summed E-state index contributed by atoms with van der Waals surface area (Å²) in [6.07, 6.45) is 0. The van der Waals surface area contributed by atoms with E-state index in [0.29, 0.717) is 130 Å². The first-order valence-electron chi connectivity index (χ1n) is 20.3. The summed E-state index contributed by atoms with van der Waals surface area (Å²) < 4.78 is 57.0. The average molecular weight is 826 g/mol. The molecular formula is C44H63NO12Si. The van der Waals surface area contributed by atoms with Crippen LogP contribution in [0, 0.1) is 0 Å². The molecule has 0 N–H and O–H groups in total. The van der Waals surface area contributed by atoms with Gasteiger partial charge in [0, 0.05) is 0 Å². The molecule has 13 nitrogen and oxygen atoms in total. The van der Waals surface area contributed by atoms with Gasteiger partial charge in [0.05, 0.1) is 143 Å². The molecule has 0 fully saturated rings. The molecule has 0 spiro atoms. The monoisotopic (exact) mass is 825 g/mol. The number of benzene rings is 3. The average Bonchev–Trinajstić information content (AvgIpc) is 3.47. The highest BCUT2D eigenvalue weighted by Crippen LogP contribution is 2.36. The zero-order valence-corrected chi connectivity index (χ0v) is 35.6. The maximum absolute atomic E-state index is 12.3. The fraction of sp³-hybridized carbons (Fsp3) is 0.545. The molecule has 4 rings (SSSR count). The summed E-state index contributed by atoms with van der Waals surface area (Å²) in [6.45, 7) is 15.7. The van der Waals surface area contributed by atoms with Gasteiger partial charge >= 0.3 is 0 Å². The van der Waals surface area contributed by atoms with E-state index in [9.17, 15) is 9.59 Å². The SMILES string of the molecule is CC(C)(C)[Si](OCCOCCOCCOCCOCCOCCOCCOCCOCCOCCN1C(=O)c2ccccc2C1=O)(c1ccccc1)c1ccccc1. The van der Waals surface area contributed by atoms with Gasteiger partial charge in [-0.2, -0.15) is 0 Å². The second kappa shape index (κ2) is 27.4. The molecule has 0 aliphatic carbocycles. The molecule has 0 aromatic heterocycles. The van der Waals surface area contributed by atoms with E-state index in [1.807, 2.05) is 12.1 Å². The molecule has 3 aromatic carbocycles. The van der Waals surface area contributed by atoms with Gasteiger partial charge in [0.1, 0.15) is 0 Å². The van der Waals surface area contributed by atoms with Crippen molar-refractivity contribution in [2.75, 3.05) is 132 Å². The molecule has 3 aromatic rings. The van der Waals surface area contributed by atoms with Crippen LogP contribution in [0.5, 0.6) is 0 Å². The van der Waals surface area contributed by atoms with Crippen molar-refractivity contribution in [2.45, 2.75) is 25.8 Å². The third-order valence-corrected chi connectivity index (χ3v) is 14.3. The summed E-state index contributed by atoms with van der Waals surface area (Å²) in [5.74, 6) is -0.556. The third-order valence-electron chi connectivity index (χ3n) is 9.28. The van der Waals surface area contributed by atoms with Crippen LogP contribution in [0.4, 0.5) is 0 Å². The number of hydrogen-bond donors (Lipinski definition) is 0. The fourth-order valence-corrected chi connectivity index (χ4v) is 11.0. The summed E-state index contributed by atoms with van der Waals surface area (Å²) in [5.41, 5.74) is 0.883. The van der Waals surface area contributed by atoms with Gasteiger partial charge in [-0.25, -0.2) is 0 Å². The second-order valence-corrected chi connectivity index (χ2v) is 18.6. The van der Waals surface area contributed by atoms with Crippen LogP contribution in [0.25, 0.3) is 0 Å². The molecule has 1 aliphatic heterocycles. The Kier molecular flexibility index (Phi) is 22.3. The Bertz CT molecular complexity index is 1480. The first-order chi connectivity index (χ1) is 28.4. The molecule has 0 radical (unpaired) electrons. The zero-order chi connectivity index (χ0) is 41.2.